The van der Waals surface area contributed by atoms with E-state index in [1.54, 1.807) is 6.08 Å². The third-order valence-electron chi connectivity index (χ3n) is 11.4. The Morgan fingerprint density at radius 1 is 0.576 bits per heavy atom. The monoisotopic (exact) mass is 855 g/mol. The molecule has 0 rings (SSSR count). The maximum atomic E-state index is 12.9. The molecule has 0 aliphatic carbocycles. The van der Waals surface area contributed by atoms with Crippen LogP contribution < -0.4 is 10.2 Å². The standard InChI is InChI=1S/C50H99N2O6P/c1-6-8-10-12-14-16-18-20-21-22-23-24-25-26-27-28-29-30-32-34-36-38-40-42-44-50(54)51-48(47-58-59(55,56)57-46-45-52(3,4)5)49(53)43-41-39-37-35-33-31-19-17-15-13-11-9-7-2/h33,35,41,43,48-49,53H,6-32,34,36-40,42,44-47H2,1-5H3,(H-,51,54,55,56)/b35-33+,43-41+. The molecular weight excluding hydrogens is 756 g/mol. The second-order valence-corrected chi connectivity index (χ2v) is 19.9. The summed E-state index contributed by atoms with van der Waals surface area (Å²) in [7, 11) is 1.25. The molecule has 0 aliphatic heterocycles. The Hall–Kier alpha value is -1.02. The van der Waals surface area contributed by atoms with Crippen LogP contribution in [0.2, 0.25) is 0 Å². The molecule has 0 saturated heterocycles. The molecule has 0 heterocycles. The summed E-state index contributed by atoms with van der Waals surface area (Å²) in [5.74, 6) is -0.204. The molecule has 8 nitrogen and oxygen atoms in total. The first-order chi connectivity index (χ1) is 28.5. The number of hydrogen-bond acceptors (Lipinski definition) is 6. The number of likely N-dealkylation sites (N-methyl/N-ethyl adjacent to an activating group) is 1. The number of carbonyl (C=O) groups excluding carboxylic acids is 1. The quantitative estimate of drug-likeness (QED) is 0.0273. The summed E-state index contributed by atoms with van der Waals surface area (Å²) >= 11 is 0. The first-order valence-corrected chi connectivity index (χ1v) is 26.7. The van der Waals surface area contributed by atoms with Gasteiger partial charge in [-0.15, -0.1) is 0 Å². The van der Waals surface area contributed by atoms with E-state index in [1.807, 2.05) is 27.2 Å². The highest BCUT2D eigenvalue weighted by Gasteiger charge is 2.23. The van der Waals surface area contributed by atoms with Crippen molar-refractivity contribution >= 4 is 13.7 Å². The third kappa shape index (κ3) is 44.8. The van der Waals surface area contributed by atoms with Gasteiger partial charge in [0.1, 0.15) is 13.2 Å². The van der Waals surface area contributed by atoms with Crippen LogP contribution in [0.4, 0.5) is 0 Å². The summed E-state index contributed by atoms with van der Waals surface area (Å²) in [6.45, 7) is 4.64. The van der Waals surface area contributed by atoms with Crippen molar-refractivity contribution < 1.29 is 32.9 Å². The number of nitrogens with zero attached hydrogens (tertiary/aromatic N) is 1. The average Bonchev–Trinajstić information content (AvgIpc) is 3.19. The van der Waals surface area contributed by atoms with E-state index in [2.05, 4.69) is 31.3 Å². The first-order valence-electron chi connectivity index (χ1n) is 25.2. The van der Waals surface area contributed by atoms with Crippen molar-refractivity contribution in [3.8, 4) is 0 Å². The van der Waals surface area contributed by atoms with Crippen LogP contribution in [0.5, 0.6) is 0 Å². The molecule has 3 unspecified atom stereocenters. The largest absolute Gasteiger partial charge is 0.756 e. The highest BCUT2D eigenvalue weighted by molar-refractivity contribution is 7.45. The average molecular weight is 855 g/mol. The molecule has 0 saturated carbocycles. The Kier molecular flexibility index (Phi) is 41.6. The van der Waals surface area contributed by atoms with Gasteiger partial charge in [0.25, 0.3) is 7.82 Å². The van der Waals surface area contributed by atoms with Gasteiger partial charge in [0.15, 0.2) is 0 Å². The molecule has 0 aliphatic rings. The molecule has 59 heavy (non-hydrogen) atoms. The molecule has 0 aromatic heterocycles. The Labute approximate surface area is 366 Å². The number of aliphatic hydroxyl groups is 1. The number of phosphoric acid groups is 1. The number of nitrogens with one attached hydrogen (secondary N) is 1. The summed E-state index contributed by atoms with van der Waals surface area (Å²) in [6.07, 6.45) is 51.0. The van der Waals surface area contributed by atoms with Crippen LogP contribution in [0.3, 0.4) is 0 Å². The Morgan fingerprint density at radius 2 is 0.949 bits per heavy atom. The third-order valence-corrected chi connectivity index (χ3v) is 12.4. The predicted octanol–water partition coefficient (Wildman–Crippen LogP) is 13.8. The van der Waals surface area contributed by atoms with Gasteiger partial charge in [-0.1, -0.05) is 224 Å². The van der Waals surface area contributed by atoms with Crippen LogP contribution in [-0.2, 0) is 18.4 Å². The van der Waals surface area contributed by atoms with Crippen molar-refractivity contribution in [2.24, 2.45) is 0 Å². The topological polar surface area (TPSA) is 108 Å². The van der Waals surface area contributed by atoms with Gasteiger partial charge in [-0.25, -0.2) is 0 Å². The number of unbranched alkanes of at least 4 members (excludes halogenated alkanes) is 31. The molecule has 350 valence electrons. The second kappa shape index (κ2) is 42.3. The molecule has 2 N–H and O–H groups in total. The van der Waals surface area contributed by atoms with Gasteiger partial charge in [-0.2, -0.15) is 0 Å². The van der Waals surface area contributed by atoms with Crippen molar-refractivity contribution in [1.29, 1.82) is 0 Å². The predicted molar refractivity (Wildman–Crippen MR) is 252 cm³/mol. The fourth-order valence-electron chi connectivity index (χ4n) is 7.41. The smallest absolute Gasteiger partial charge is 0.268 e. The second-order valence-electron chi connectivity index (χ2n) is 18.5. The van der Waals surface area contributed by atoms with Crippen molar-refractivity contribution in [3.05, 3.63) is 24.3 Å². The Morgan fingerprint density at radius 3 is 1.37 bits per heavy atom. The van der Waals surface area contributed by atoms with Gasteiger partial charge in [-0.3, -0.25) is 9.36 Å². The molecule has 0 radical (unpaired) electrons. The molecule has 9 heteroatoms. The summed E-state index contributed by atoms with van der Waals surface area (Å²) in [5.41, 5.74) is 0. The molecule has 0 aromatic carbocycles. The number of carbonyl (C=O) groups is 1. The number of phosphoric ester groups is 1. The molecule has 3 atom stereocenters. The highest BCUT2D eigenvalue weighted by atomic mass is 31.2. The molecule has 0 spiro atoms. The van der Waals surface area contributed by atoms with Crippen molar-refractivity contribution in [1.82, 2.24) is 5.32 Å². The van der Waals surface area contributed by atoms with E-state index >= 15 is 0 Å². The number of hydrogen-bond donors (Lipinski definition) is 2. The van der Waals surface area contributed by atoms with Gasteiger partial charge in [0.05, 0.1) is 39.9 Å². The number of rotatable bonds is 46. The first kappa shape index (κ1) is 58.0. The van der Waals surface area contributed by atoms with Gasteiger partial charge >= 0.3 is 0 Å². The van der Waals surface area contributed by atoms with Crippen LogP contribution in [0.25, 0.3) is 0 Å². The van der Waals surface area contributed by atoms with Crippen molar-refractivity contribution in [2.75, 3.05) is 40.9 Å². The maximum Gasteiger partial charge on any atom is 0.268 e. The molecular formula is C50H99N2O6P. The molecule has 0 bridgehead atoms. The van der Waals surface area contributed by atoms with E-state index in [9.17, 15) is 19.4 Å². The SMILES string of the molecule is CCCCCCCCC/C=C/CC/C=C/C(O)C(COP(=O)([O-])OCC[N+](C)(C)C)NC(=O)CCCCCCCCCCCCCCCCCCCCCCCCCC. The number of quaternary nitrogens is 1. The zero-order chi connectivity index (χ0) is 43.6. The lowest BCUT2D eigenvalue weighted by molar-refractivity contribution is -0.870. The van der Waals surface area contributed by atoms with Crippen LogP contribution >= 0.6 is 7.82 Å². The van der Waals surface area contributed by atoms with Crippen LogP contribution in [-0.4, -0.2) is 68.5 Å². The molecule has 0 fully saturated rings. The van der Waals surface area contributed by atoms with E-state index in [0.29, 0.717) is 17.4 Å². The number of amides is 1. The lowest BCUT2D eigenvalue weighted by Gasteiger charge is -2.29. The van der Waals surface area contributed by atoms with E-state index in [0.717, 1.165) is 38.5 Å². The van der Waals surface area contributed by atoms with Crippen molar-refractivity contribution in [2.45, 2.75) is 251 Å². The maximum absolute atomic E-state index is 12.9. The zero-order valence-corrected chi connectivity index (χ0v) is 40.6. The molecule has 1 amide bonds. The molecule has 0 aromatic rings. The lowest BCUT2D eigenvalue weighted by atomic mass is 10.0. The van der Waals surface area contributed by atoms with E-state index in [-0.39, 0.29) is 19.1 Å². The van der Waals surface area contributed by atoms with Gasteiger partial charge < -0.3 is 28.8 Å². The fraction of sp³-hybridized carbons (Fsp3) is 0.900. The van der Waals surface area contributed by atoms with E-state index < -0.39 is 20.0 Å². The van der Waals surface area contributed by atoms with Crippen LogP contribution in [0, 0.1) is 0 Å². The Bertz CT molecular complexity index is 1020. The zero-order valence-electron chi connectivity index (χ0n) is 39.7. The summed E-state index contributed by atoms with van der Waals surface area (Å²) < 4.78 is 23.2. The van der Waals surface area contributed by atoms with Gasteiger partial charge in [-0.05, 0) is 32.1 Å². The van der Waals surface area contributed by atoms with Crippen LogP contribution in [0.1, 0.15) is 239 Å². The normalized spacial score (nSPS) is 14.4. The van der Waals surface area contributed by atoms with Crippen molar-refractivity contribution in [3.63, 3.8) is 0 Å². The Balaban J connectivity index is 4.21. The minimum atomic E-state index is -4.59. The van der Waals surface area contributed by atoms with Gasteiger partial charge in [0, 0.05) is 6.42 Å². The van der Waals surface area contributed by atoms with E-state index in [1.165, 1.54) is 180 Å². The minimum absolute atomic E-state index is 0.00417. The van der Waals surface area contributed by atoms with Crippen LogP contribution in [0.15, 0.2) is 24.3 Å². The highest BCUT2D eigenvalue weighted by Crippen LogP contribution is 2.38. The van der Waals surface area contributed by atoms with Gasteiger partial charge in [0.2, 0.25) is 5.91 Å². The summed E-state index contributed by atoms with van der Waals surface area (Å²) in [6, 6.07) is -0.898. The van der Waals surface area contributed by atoms with E-state index in [4.69, 9.17) is 9.05 Å². The fourth-order valence-corrected chi connectivity index (χ4v) is 8.13. The number of allylic oxidation sites excluding steroid dienone is 3. The number of aliphatic hydroxyl groups excluding tert-OH is 1. The summed E-state index contributed by atoms with van der Waals surface area (Å²) in [4.78, 5) is 25.3. The summed E-state index contributed by atoms with van der Waals surface area (Å²) in [5, 5.41) is 13.8. The lowest BCUT2D eigenvalue weighted by Crippen LogP contribution is -2.45. The minimum Gasteiger partial charge on any atom is -0.756 e.